The van der Waals surface area contributed by atoms with Gasteiger partial charge in [-0.15, -0.1) is 11.8 Å². The lowest BCUT2D eigenvalue weighted by atomic mass is 10.2. The van der Waals surface area contributed by atoms with Crippen LogP contribution < -0.4 is 10.1 Å². The van der Waals surface area contributed by atoms with E-state index in [1.54, 1.807) is 12.0 Å². The SMILES string of the molecule is COc1cccc(CNC(=O)CN2CSCC2=O)c1. The second-order valence-electron chi connectivity index (χ2n) is 4.20. The summed E-state index contributed by atoms with van der Waals surface area (Å²) in [6.45, 7) is 0.570. The Morgan fingerprint density at radius 2 is 2.37 bits per heavy atom. The third-order valence-electron chi connectivity index (χ3n) is 2.78. The van der Waals surface area contributed by atoms with E-state index in [-0.39, 0.29) is 18.4 Å². The maximum Gasteiger partial charge on any atom is 0.239 e. The van der Waals surface area contributed by atoms with Crippen molar-refractivity contribution in [3.05, 3.63) is 29.8 Å². The molecular formula is C13H16N2O3S. The molecule has 0 aromatic heterocycles. The van der Waals surface area contributed by atoms with Gasteiger partial charge in [0.15, 0.2) is 0 Å². The zero-order valence-electron chi connectivity index (χ0n) is 10.7. The van der Waals surface area contributed by atoms with Gasteiger partial charge in [0.05, 0.1) is 18.7 Å². The van der Waals surface area contributed by atoms with E-state index >= 15 is 0 Å². The highest BCUT2D eigenvalue weighted by molar-refractivity contribution is 8.00. The Hall–Kier alpha value is -1.69. The molecule has 0 atom stereocenters. The number of hydrogen-bond acceptors (Lipinski definition) is 4. The molecule has 0 spiro atoms. The molecule has 0 radical (unpaired) electrons. The van der Waals surface area contributed by atoms with Crippen molar-refractivity contribution in [2.45, 2.75) is 6.54 Å². The average molecular weight is 280 g/mol. The molecule has 6 heteroatoms. The predicted octanol–water partition coefficient (Wildman–Crippen LogP) is 0.844. The Kier molecular flexibility index (Phi) is 4.68. The monoisotopic (exact) mass is 280 g/mol. The number of carbonyl (C=O) groups excluding carboxylic acids is 2. The van der Waals surface area contributed by atoms with Crippen molar-refractivity contribution < 1.29 is 14.3 Å². The van der Waals surface area contributed by atoms with Crippen LogP contribution >= 0.6 is 11.8 Å². The van der Waals surface area contributed by atoms with Crippen molar-refractivity contribution in [3.8, 4) is 5.75 Å². The van der Waals surface area contributed by atoms with E-state index in [9.17, 15) is 9.59 Å². The number of methoxy groups -OCH3 is 1. The number of carbonyl (C=O) groups is 2. The number of benzene rings is 1. The normalized spacial score (nSPS) is 14.6. The lowest BCUT2D eigenvalue weighted by molar-refractivity contribution is -0.132. The highest BCUT2D eigenvalue weighted by Gasteiger charge is 2.22. The first-order valence-corrected chi connectivity index (χ1v) is 7.09. The standard InChI is InChI=1S/C13H16N2O3S/c1-18-11-4-2-3-10(5-11)6-14-12(16)7-15-9-19-8-13(15)17/h2-5H,6-9H2,1H3,(H,14,16). The third kappa shape index (κ3) is 3.89. The van der Waals surface area contributed by atoms with Crippen LogP contribution in [0, 0.1) is 0 Å². The first kappa shape index (κ1) is 13.7. The van der Waals surface area contributed by atoms with Gasteiger partial charge in [-0.3, -0.25) is 9.59 Å². The van der Waals surface area contributed by atoms with E-state index < -0.39 is 0 Å². The maximum atomic E-state index is 11.7. The van der Waals surface area contributed by atoms with Crippen molar-refractivity contribution in [2.24, 2.45) is 0 Å². The molecule has 1 N–H and O–H groups in total. The van der Waals surface area contributed by atoms with Gasteiger partial charge >= 0.3 is 0 Å². The number of thioether (sulfide) groups is 1. The van der Waals surface area contributed by atoms with Crippen LogP contribution in [0.5, 0.6) is 5.75 Å². The maximum absolute atomic E-state index is 11.7. The second kappa shape index (κ2) is 6.47. The third-order valence-corrected chi connectivity index (χ3v) is 3.73. The Balaban J connectivity index is 1.81. The summed E-state index contributed by atoms with van der Waals surface area (Å²) in [5.74, 6) is 1.73. The van der Waals surface area contributed by atoms with E-state index in [4.69, 9.17) is 4.74 Å². The van der Waals surface area contributed by atoms with Crippen molar-refractivity contribution in [2.75, 3.05) is 25.3 Å². The molecule has 2 amide bonds. The summed E-state index contributed by atoms with van der Waals surface area (Å²) in [5.41, 5.74) is 0.967. The number of nitrogens with one attached hydrogen (secondary N) is 1. The van der Waals surface area contributed by atoms with Gasteiger partial charge in [0, 0.05) is 6.54 Å². The van der Waals surface area contributed by atoms with Crippen LogP contribution in [-0.4, -0.2) is 42.0 Å². The molecule has 1 heterocycles. The van der Waals surface area contributed by atoms with Crippen molar-refractivity contribution in [3.63, 3.8) is 0 Å². The predicted molar refractivity (Wildman–Crippen MR) is 73.9 cm³/mol. The highest BCUT2D eigenvalue weighted by atomic mass is 32.2. The molecule has 0 unspecified atom stereocenters. The molecule has 5 nitrogen and oxygen atoms in total. The molecule has 19 heavy (non-hydrogen) atoms. The van der Waals surface area contributed by atoms with Crippen LogP contribution in [0.25, 0.3) is 0 Å². The van der Waals surface area contributed by atoms with Gasteiger partial charge in [-0.1, -0.05) is 12.1 Å². The minimum atomic E-state index is -0.140. The first-order chi connectivity index (χ1) is 9.19. The quantitative estimate of drug-likeness (QED) is 0.868. The molecule has 1 saturated heterocycles. The van der Waals surface area contributed by atoms with E-state index in [2.05, 4.69) is 5.32 Å². The highest BCUT2D eigenvalue weighted by Crippen LogP contribution is 2.14. The molecule has 2 rings (SSSR count). The van der Waals surface area contributed by atoms with E-state index in [0.717, 1.165) is 11.3 Å². The molecule has 0 bridgehead atoms. The molecule has 1 aromatic carbocycles. The number of hydrogen-bond donors (Lipinski definition) is 1. The Morgan fingerprint density at radius 3 is 3.05 bits per heavy atom. The molecule has 102 valence electrons. The molecule has 0 saturated carbocycles. The van der Waals surface area contributed by atoms with Gasteiger partial charge < -0.3 is 15.0 Å². The largest absolute Gasteiger partial charge is 0.497 e. The zero-order chi connectivity index (χ0) is 13.7. The summed E-state index contributed by atoms with van der Waals surface area (Å²) in [6.07, 6.45) is 0. The summed E-state index contributed by atoms with van der Waals surface area (Å²) in [5, 5.41) is 2.80. The zero-order valence-corrected chi connectivity index (χ0v) is 11.5. The van der Waals surface area contributed by atoms with Crippen LogP contribution in [0.15, 0.2) is 24.3 Å². The number of nitrogens with zero attached hydrogens (tertiary/aromatic N) is 1. The fourth-order valence-electron chi connectivity index (χ4n) is 1.75. The summed E-state index contributed by atoms with van der Waals surface area (Å²) in [7, 11) is 1.61. The lowest BCUT2D eigenvalue weighted by Crippen LogP contribution is -2.37. The Labute approximate surface area is 116 Å². The number of rotatable bonds is 5. The molecule has 1 aliphatic rings. The van der Waals surface area contributed by atoms with Gasteiger partial charge in [-0.05, 0) is 17.7 Å². The fourth-order valence-corrected chi connectivity index (χ4v) is 2.66. The van der Waals surface area contributed by atoms with Gasteiger partial charge in [-0.25, -0.2) is 0 Å². The molecule has 0 aliphatic carbocycles. The van der Waals surface area contributed by atoms with Crippen LogP contribution in [0.1, 0.15) is 5.56 Å². The Bertz CT molecular complexity index is 479. The van der Waals surface area contributed by atoms with Crippen molar-refractivity contribution in [1.29, 1.82) is 0 Å². The van der Waals surface area contributed by atoms with Gasteiger partial charge in [0.1, 0.15) is 12.3 Å². The van der Waals surface area contributed by atoms with Gasteiger partial charge in [0.2, 0.25) is 11.8 Å². The summed E-state index contributed by atoms with van der Waals surface area (Å²) in [4.78, 5) is 24.7. The van der Waals surface area contributed by atoms with Crippen molar-refractivity contribution in [1.82, 2.24) is 10.2 Å². The van der Waals surface area contributed by atoms with Crippen LogP contribution in [0.3, 0.4) is 0 Å². The smallest absolute Gasteiger partial charge is 0.239 e. The van der Waals surface area contributed by atoms with Gasteiger partial charge in [0.25, 0.3) is 0 Å². The number of amides is 2. The second-order valence-corrected chi connectivity index (χ2v) is 5.15. The average Bonchev–Trinajstić information content (AvgIpc) is 2.82. The Morgan fingerprint density at radius 1 is 1.53 bits per heavy atom. The molecule has 1 aliphatic heterocycles. The molecule has 1 fully saturated rings. The fraction of sp³-hybridized carbons (Fsp3) is 0.385. The molecule has 1 aromatic rings. The number of ether oxygens (including phenoxy) is 1. The topological polar surface area (TPSA) is 58.6 Å². The van der Waals surface area contributed by atoms with E-state index in [1.807, 2.05) is 24.3 Å². The van der Waals surface area contributed by atoms with Crippen LogP contribution in [-0.2, 0) is 16.1 Å². The van der Waals surface area contributed by atoms with Crippen molar-refractivity contribution >= 4 is 23.6 Å². The van der Waals surface area contributed by atoms with Crippen LogP contribution in [0.4, 0.5) is 0 Å². The summed E-state index contributed by atoms with van der Waals surface area (Å²) < 4.78 is 5.11. The van der Waals surface area contributed by atoms with Crippen LogP contribution in [0.2, 0.25) is 0 Å². The lowest BCUT2D eigenvalue weighted by Gasteiger charge is -2.14. The molecular weight excluding hydrogens is 264 g/mol. The minimum Gasteiger partial charge on any atom is -0.497 e. The summed E-state index contributed by atoms with van der Waals surface area (Å²) >= 11 is 1.53. The van der Waals surface area contributed by atoms with Gasteiger partial charge in [-0.2, -0.15) is 0 Å². The minimum absolute atomic E-state index is 0.0292. The summed E-state index contributed by atoms with van der Waals surface area (Å²) in [6, 6.07) is 7.52. The first-order valence-electron chi connectivity index (χ1n) is 5.94. The van der Waals surface area contributed by atoms with E-state index in [1.165, 1.54) is 11.8 Å². The van der Waals surface area contributed by atoms with E-state index in [0.29, 0.717) is 18.2 Å².